The van der Waals surface area contributed by atoms with Crippen LogP contribution in [0.5, 0.6) is 0 Å². The molecule has 0 heterocycles. The lowest BCUT2D eigenvalue weighted by Crippen LogP contribution is -2.32. The van der Waals surface area contributed by atoms with Crippen molar-refractivity contribution in [3.05, 3.63) is 24.8 Å². The van der Waals surface area contributed by atoms with Gasteiger partial charge in [-0.05, 0) is 75.5 Å². The summed E-state index contributed by atoms with van der Waals surface area (Å²) in [5.74, 6) is 3.17. The van der Waals surface area contributed by atoms with Crippen molar-refractivity contribution in [1.82, 2.24) is 0 Å². The van der Waals surface area contributed by atoms with Crippen LogP contribution in [0.1, 0.15) is 58.3 Å². The molecular formula is C18H31N. The van der Waals surface area contributed by atoms with Crippen LogP contribution in [-0.4, -0.2) is 6.04 Å². The molecule has 0 bridgehead atoms. The highest BCUT2D eigenvalue weighted by atomic mass is 14.6. The monoisotopic (exact) mass is 261 g/mol. The maximum Gasteiger partial charge on any atom is 0.00105 e. The molecule has 0 aromatic rings. The van der Waals surface area contributed by atoms with Gasteiger partial charge in [-0.2, -0.15) is 0 Å². The SMILES string of the molecule is C=CC1CC2C(=C)CCCCC2CC1CC[C@@H](C)N. The van der Waals surface area contributed by atoms with Crippen LogP contribution in [0.15, 0.2) is 24.8 Å². The Morgan fingerprint density at radius 3 is 2.84 bits per heavy atom. The third-order valence-electron chi connectivity index (χ3n) is 5.45. The minimum Gasteiger partial charge on any atom is -0.328 e. The van der Waals surface area contributed by atoms with Gasteiger partial charge >= 0.3 is 0 Å². The van der Waals surface area contributed by atoms with Gasteiger partial charge in [0.1, 0.15) is 0 Å². The molecule has 0 aromatic carbocycles. The molecule has 0 saturated heterocycles. The molecule has 2 rings (SSSR count). The van der Waals surface area contributed by atoms with E-state index in [1.165, 1.54) is 50.5 Å². The highest BCUT2D eigenvalue weighted by Gasteiger charge is 2.37. The molecule has 2 aliphatic rings. The fraction of sp³-hybridized carbons (Fsp3) is 0.778. The molecule has 0 spiro atoms. The second kappa shape index (κ2) is 6.74. The second-order valence-electron chi connectivity index (χ2n) is 6.96. The Kier molecular flexibility index (Phi) is 5.27. The van der Waals surface area contributed by atoms with E-state index < -0.39 is 0 Å². The van der Waals surface area contributed by atoms with E-state index in [0.29, 0.717) is 12.0 Å². The lowest BCUT2D eigenvalue weighted by Gasteiger charge is -2.41. The first-order chi connectivity index (χ1) is 9.11. The van der Waals surface area contributed by atoms with Gasteiger partial charge in [0.05, 0.1) is 0 Å². The van der Waals surface area contributed by atoms with E-state index in [1.54, 1.807) is 0 Å². The van der Waals surface area contributed by atoms with Crippen molar-refractivity contribution >= 4 is 0 Å². The van der Waals surface area contributed by atoms with Crippen molar-refractivity contribution in [2.24, 2.45) is 29.4 Å². The summed E-state index contributed by atoms with van der Waals surface area (Å²) in [5, 5.41) is 0. The molecule has 2 N–H and O–H groups in total. The van der Waals surface area contributed by atoms with E-state index in [-0.39, 0.29) is 0 Å². The summed E-state index contributed by atoms with van der Waals surface area (Å²) in [7, 11) is 0. The first-order valence-corrected chi connectivity index (χ1v) is 8.17. The van der Waals surface area contributed by atoms with Gasteiger partial charge in [-0.3, -0.25) is 0 Å². The van der Waals surface area contributed by atoms with Gasteiger partial charge in [0.2, 0.25) is 0 Å². The first kappa shape index (κ1) is 14.8. The number of rotatable bonds is 4. The van der Waals surface area contributed by atoms with Crippen molar-refractivity contribution in [3.8, 4) is 0 Å². The maximum absolute atomic E-state index is 5.94. The predicted octanol–water partition coefficient (Wildman–Crippen LogP) is 4.69. The zero-order valence-electron chi connectivity index (χ0n) is 12.6. The molecule has 2 aliphatic carbocycles. The smallest absolute Gasteiger partial charge is 0.00105 e. The molecule has 0 amide bonds. The Labute approximate surface area is 119 Å². The van der Waals surface area contributed by atoms with Gasteiger partial charge in [-0.1, -0.05) is 24.6 Å². The van der Waals surface area contributed by atoms with Crippen LogP contribution in [0, 0.1) is 23.7 Å². The minimum atomic E-state index is 0.340. The number of allylic oxidation sites excluding steroid dienone is 2. The van der Waals surface area contributed by atoms with Crippen molar-refractivity contribution in [2.75, 3.05) is 0 Å². The van der Waals surface area contributed by atoms with E-state index >= 15 is 0 Å². The van der Waals surface area contributed by atoms with Crippen LogP contribution >= 0.6 is 0 Å². The Balaban J connectivity index is 2.03. The van der Waals surface area contributed by atoms with Gasteiger partial charge in [-0.25, -0.2) is 0 Å². The highest BCUT2D eigenvalue weighted by Crippen LogP contribution is 2.47. The Bertz CT molecular complexity index is 318. The van der Waals surface area contributed by atoms with E-state index in [9.17, 15) is 0 Å². The van der Waals surface area contributed by atoms with Crippen molar-refractivity contribution in [2.45, 2.75) is 64.3 Å². The van der Waals surface area contributed by atoms with E-state index in [4.69, 9.17) is 5.73 Å². The van der Waals surface area contributed by atoms with Crippen LogP contribution in [0.4, 0.5) is 0 Å². The summed E-state index contributed by atoms with van der Waals surface area (Å²) in [4.78, 5) is 0. The number of hydrogen-bond donors (Lipinski definition) is 1. The summed E-state index contributed by atoms with van der Waals surface area (Å²) < 4.78 is 0. The average Bonchev–Trinajstić information content (AvgIpc) is 2.57. The average molecular weight is 261 g/mol. The zero-order chi connectivity index (χ0) is 13.8. The third kappa shape index (κ3) is 3.72. The molecular weight excluding hydrogens is 230 g/mol. The van der Waals surface area contributed by atoms with Crippen LogP contribution in [-0.2, 0) is 0 Å². The first-order valence-electron chi connectivity index (χ1n) is 8.17. The summed E-state index contributed by atoms with van der Waals surface area (Å²) in [6.45, 7) is 10.6. The summed E-state index contributed by atoms with van der Waals surface area (Å²) >= 11 is 0. The fourth-order valence-electron chi connectivity index (χ4n) is 4.27. The number of fused-ring (bicyclic) bond motifs is 1. The Morgan fingerprint density at radius 1 is 1.37 bits per heavy atom. The van der Waals surface area contributed by atoms with E-state index in [2.05, 4.69) is 26.2 Å². The van der Waals surface area contributed by atoms with Crippen molar-refractivity contribution in [1.29, 1.82) is 0 Å². The van der Waals surface area contributed by atoms with Gasteiger partial charge < -0.3 is 5.73 Å². The van der Waals surface area contributed by atoms with Crippen molar-refractivity contribution < 1.29 is 0 Å². The maximum atomic E-state index is 5.94. The molecule has 5 atom stereocenters. The standard InChI is InChI=1S/C18H31N/c1-4-15-12-18-13(2)7-5-6-8-17(18)11-16(15)10-9-14(3)19/h4,14-18H,1-2,5-12,19H2,3H3/t14-,15?,16?,17?,18?/m1/s1. The van der Waals surface area contributed by atoms with Crippen LogP contribution in [0.25, 0.3) is 0 Å². The minimum absolute atomic E-state index is 0.340. The topological polar surface area (TPSA) is 26.0 Å². The Morgan fingerprint density at radius 2 is 2.16 bits per heavy atom. The van der Waals surface area contributed by atoms with Gasteiger partial charge in [0.25, 0.3) is 0 Å². The molecule has 0 aromatic heterocycles. The molecule has 4 unspecified atom stereocenters. The van der Waals surface area contributed by atoms with Gasteiger partial charge in [0.15, 0.2) is 0 Å². The molecule has 0 aliphatic heterocycles. The largest absolute Gasteiger partial charge is 0.328 e. The van der Waals surface area contributed by atoms with Crippen LogP contribution in [0.3, 0.4) is 0 Å². The highest BCUT2D eigenvalue weighted by molar-refractivity contribution is 5.09. The molecule has 0 radical (unpaired) electrons. The molecule has 19 heavy (non-hydrogen) atoms. The second-order valence-corrected chi connectivity index (χ2v) is 6.96. The normalized spacial score (nSPS) is 37.3. The quantitative estimate of drug-likeness (QED) is 0.730. The molecule has 108 valence electrons. The van der Waals surface area contributed by atoms with E-state index in [1.807, 2.05) is 0 Å². The van der Waals surface area contributed by atoms with Crippen LogP contribution < -0.4 is 5.73 Å². The third-order valence-corrected chi connectivity index (χ3v) is 5.45. The zero-order valence-corrected chi connectivity index (χ0v) is 12.6. The molecule has 2 saturated carbocycles. The number of nitrogens with two attached hydrogens (primary N) is 1. The summed E-state index contributed by atoms with van der Waals surface area (Å²) in [6.07, 6.45) is 12.8. The van der Waals surface area contributed by atoms with Crippen LogP contribution in [0.2, 0.25) is 0 Å². The molecule has 1 heteroatoms. The summed E-state index contributed by atoms with van der Waals surface area (Å²) in [6, 6.07) is 0.340. The number of hydrogen-bond acceptors (Lipinski definition) is 1. The lowest BCUT2D eigenvalue weighted by atomic mass is 9.64. The Hall–Kier alpha value is -0.560. The summed E-state index contributed by atoms with van der Waals surface area (Å²) in [5.41, 5.74) is 7.46. The van der Waals surface area contributed by atoms with Gasteiger partial charge in [-0.15, -0.1) is 6.58 Å². The van der Waals surface area contributed by atoms with Gasteiger partial charge in [0, 0.05) is 6.04 Å². The van der Waals surface area contributed by atoms with E-state index in [0.717, 1.165) is 24.2 Å². The molecule has 1 nitrogen and oxygen atoms in total. The molecule has 2 fully saturated rings. The van der Waals surface area contributed by atoms with Crippen molar-refractivity contribution in [3.63, 3.8) is 0 Å². The lowest BCUT2D eigenvalue weighted by molar-refractivity contribution is 0.145. The predicted molar refractivity (Wildman–Crippen MR) is 83.9 cm³/mol. The fourth-order valence-corrected chi connectivity index (χ4v) is 4.27.